The Labute approximate surface area is 157 Å². The fraction of sp³-hybridized carbons (Fsp3) is 0.421. The predicted octanol–water partition coefficient (Wildman–Crippen LogP) is 1.00. The average Bonchev–Trinajstić information content (AvgIpc) is 3.24. The van der Waals surface area contributed by atoms with E-state index in [1.165, 1.54) is 12.4 Å². The Morgan fingerprint density at radius 2 is 1.74 bits per heavy atom. The molecule has 8 heteroatoms. The highest BCUT2D eigenvalue weighted by Crippen LogP contribution is 2.22. The number of nitrogens with zero attached hydrogens (tertiary/aromatic N) is 5. The number of rotatable bonds is 3. The molecule has 8 nitrogen and oxygen atoms in total. The Kier molecular flexibility index (Phi) is 5.06. The smallest absolute Gasteiger partial charge is 0.257 e. The summed E-state index contributed by atoms with van der Waals surface area (Å²) in [5.74, 6) is 0.357. The first-order valence-corrected chi connectivity index (χ1v) is 9.14. The molecule has 27 heavy (non-hydrogen) atoms. The number of carbonyl (C=O) groups excluding carboxylic acids is 2. The van der Waals surface area contributed by atoms with Crippen LogP contribution in [0.15, 0.2) is 36.9 Å². The minimum atomic E-state index is -0.407. The molecule has 2 amide bonds. The second-order valence-electron chi connectivity index (χ2n) is 6.63. The van der Waals surface area contributed by atoms with Crippen molar-refractivity contribution in [2.75, 3.05) is 32.8 Å². The molecule has 0 saturated carbocycles. The van der Waals surface area contributed by atoms with Gasteiger partial charge in [-0.25, -0.2) is 9.97 Å². The Bertz CT molecular complexity index is 806. The number of morpholine rings is 1. The normalized spacial score (nSPS) is 19.9. The van der Waals surface area contributed by atoms with Crippen LogP contribution in [-0.2, 0) is 9.53 Å². The Morgan fingerprint density at radius 1 is 1.04 bits per heavy atom. The summed E-state index contributed by atoms with van der Waals surface area (Å²) < 4.78 is 5.31. The average molecular weight is 367 g/mol. The molecule has 2 saturated heterocycles. The molecular weight excluding hydrogens is 346 g/mol. The van der Waals surface area contributed by atoms with Crippen molar-refractivity contribution < 1.29 is 14.3 Å². The van der Waals surface area contributed by atoms with Crippen molar-refractivity contribution in [1.29, 1.82) is 0 Å². The summed E-state index contributed by atoms with van der Waals surface area (Å²) >= 11 is 0. The van der Waals surface area contributed by atoms with Gasteiger partial charge in [0.25, 0.3) is 5.91 Å². The zero-order valence-corrected chi connectivity index (χ0v) is 15.0. The quantitative estimate of drug-likeness (QED) is 0.804. The first-order chi connectivity index (χ1) is 13.2. The lowest BCUT2D eigenvalue weighted by atomic mass is 10.1. The van der Waals surface area contributed by atoms with Gasteiger partial charge in [0.1, 0.15) is 6.04 Å². The van der Waals surface area contributed by atoms with Crippen molar-refractivity contribution >= 4 is 11.8 Å². The first kappa shape index (κ1) is 17.5. The van der Waals surface area contributed by atoms with Crippen LogP contribution in [0.25, 0.3) is 11.4 Å². The molecule has 140 valence electrons. The minimum absolute atomic E-state index is 0.0125. The van der Waals surface area contributed by atoms with E-state index in [1.807, 2.05) is 12.1 Å². The lowest BCUT2D eigenvalue weighted by molar-refractivity contribution is -0.139. The highest BCUT2D eigenvalue weighted by atomic mass is 16.5. The van der Waals surface area contributed by atoms with Crippen molar-refractivity contribution in [2.45, 2.75) is 18.9 Å². The van der Waals surface area contributed by atoms with E-state index in [9.17, 15) is 9.59 Å². The van der Waals surface area contributed by atoms with Crippen LogP contribution in [-0.4, -0.2) is 75.5 Å². The number of carbonyl (C=O) groups is 2. The molecule has 2 aromatic heterocycles. The van der Waals surface area contributed by atoms with Crippen LogP contribution in [0, 0.1) is 0 Å². The van der Waals surface area contributed by atoms with E-state index in [4.69, 9.17) is 4.74 Å². The predicted molar refractivity (Wildman–Crippen MR) is 96.7 cm³/mol. The lowest BCUT2D eigenvalue weighted by Gasteiger charge is -2.32. The van der Waals surface area contributed by atoms with Gasteiger partial charge in [-0.15, -0.1) is 0 Å². The van der Waals surface area contributed by atoms with Gasteiger partial charge in [0, 0.05) is 50.0 Å². The fourth-order valence-electron chi connectivity index (χ4n) is 3.52. The van der Waals surface area contributed by atoms with Crippen molar-refractivity contribution in [3.63, 3.8) is 0 Å². The van der Waals surface area contributed by atoms with Crippen molar-refractivity contribution in [2.24, 2.45) is 0 Å². The summed E-state index contributed by atoms with van der Waals surface area (Å²) in [5, 5.41) is 0. The summed E-state index contributed by atoms with van der Waals surface area (Å²) in [7, 11) is 0. The van der Waals surface area contributed by atoms with E-state index in [-0.39, 0.29) is 11.8 Å². The van der Waals surface area contributed by atoms with Gasteiger partial charge in [-0.3, -0.25) is 14.6 Å². The third-order valence-electron chi connectivity index (χ3n) is 4.96. The van der Waals surface area contributed by atoms with E-state index in [0.717, 1.165) is 12.0 Å². The Morgan fingerprint density at radius 3 is 2.44 bits per heavy atom. The standard InChI is InChI=1S/C19H21N5O3/c25-18(15-12-21-17(22-13-15)14-3-5-20-6-4-14)24-7-1-2-16(24)19(26)23-8-10-27-11-9-23/h3-6,12-13,16H,1-2,7-11H2/t16-/m0/s1. The number of hydrogen-bond acceptors (Lipinski definition) is 6. The van der Waals surface area contributed by atoms with Crippen LogP contribution in [0.2, 0.25) is 0 Å². The van der Waals surface area contributed by atoms with Gasteiger partial charge in [-0.2, -0.15) is 0 Å². The van der Waals surface area contributed by atoms with Crippen LogP contribution < -0.4 is 0 Å². The highest BCUT2D eigenvalue weighted by molar-refractivity contribution is 5.97. The molecule has 2 aliphatic heterocycles. The molecule has 2 fully saturated rings. The van der Waals surface area contributed by atoms with Crippen LogP contribution in [0.1, 0.15) is 23.2 Å². The van der Waals surface area contributed by atoms with E-state index in [1.54, 1.807) is 22.2 Å². The van der Waals surface area contributed by atoms with Gasteiger partial charge < -0.3 is 14.5 Å². The second kappa shape index (κ2) is 7.79. The number of hydrogen-bond donors (Lipinski definition) is 0. The molecule has 0 radical (unpaired) electrons. The zero-order valence-electron chi connectivity index (χ0n) is 15.0. The summed E-state index contributed by atoms with van der Waals surface area (Å²) in [6, 6.07) is 3.22. The highest BCUT2D eigenvalue weighted by Gasteiger charge is 2.37. The minimum Gasteiger partial charge on any atom is -0.378 e. The van der Waals surface area contributed by atoms with E-state index < -0.39 is 6.04 Å². The molecule has 0 bridgehead atoms. The maximum atomic E-state index is 12.9. The van der Waals surface area contributed by atoms with Crippen LogP contribution in [0.3, 0.4) is 0 Å². The third-order valence-corrected chi connectivity index (χ3v) is 4.96. The van der Waals surface area contributed by atoms with Gasteiger partial charge in [0.2, 0.25) is 5.91 Å². The van der Waals surface area contributed by atoms with E-state index in [0.29, 0.717) is 50.7 Å². The topological polar surface area (TPSA) is 88.5 Å². The van der Waals surface area contributed by atoms with E-state index >= 15 is 0 Å². The first-order valence-electron chi connectivity index (χ1n) is 9.14. The monoisotopic (exact) mass is 367 g/mol. The van der Waals surface area contributed by atoms with E-state index in [2.05, 4.69) is 15.0 Å². The molecule has 1 atom stereocenters. The van der Waals surface area contributed by atoms with Gasteiger partial charge in [0.05, 0.1) is 18.8 Å². The molecule has 2 aliphatic rings. The number of ether oxygens (including phenoxy) is 1. The molecular formula is C19H21N5O3. The summed E-state index contributed by atoms with van der Waals surface area (Å²) in [6.07, 6.45) is 7.91. The largest absolute Gasteiger partial charge is 0.378 e. The van der Waals surface area contributed by atoms with Gasteiger partial charge in [-0.05, 0) is 25.0 Å². The summed E-state index contributed by atoms with van der Waals surface area (Å²) in [6.45, 7) is 2.85. The second-order valence-corrected chi connectivity index (χ2v) is 6.63. The SMILES string of the molecule is O=C([C@@H]1CCCN1C(=O)c1cnc(-c2ccncc2)nc1)N1CCOCC1. The van der Waals surface area contributed by atoms with Crippen molar-refractivity contribution in [3.8, 4) is 11.4 Å². The molecule has 0 aliphatic carbocycles. The maximum Gasteiger partial charge on any atom is 0.257 e. The molecule has 0 spiro atoms. The van der Waals surface area contributed by atoms with Gasteiger partial charge in [-0.1, -0.05) is 0 Å². The third kappa shape index (κ3) is 3.66. The number of aromatic nitrogens is 3. The maximum absolute atomic E-state index is 12.9. The molecule has 0 N–H and O–H groups in total. The van der Waals surface area contributed by atoms with Crippen LogP contribution in [0.4, 0.5) is 0 Å². The Hall–Kier alpha value is -2.87. The van der Waals surface area contributed by atoms with Crippen LogP contribution in [0.5, 0.6) is 0 Å². The number of likely N-dealkylation sites (tertiary alicyclic amines) is 1. The van der Waals surface area contributed by atoms with Crippen molar-refractivity contribution in [1.82, 2.24) is 24.8 Å². The van der Waals surface area contributed by atoms with Gasteiger partial charge >= 0.3 is 0 Å². The number of pyridine rings is 1. The lowest BCUT2D eigenvalue weighted by Crippen LogP contribution is -2.51. The molecule has 2 aromatic rings. The number of amides is 2. The molecule has 0 aromatic carbocycles. The van der Waals surface area contributed by atoms with Gasteiger partial charge in [0.15, 0.2) is 5.82 Å². The summed E-state index contributed by atoms with van der Waals surface area (Å²) in [5.41, 5.74) is 1.24. The fourth-order valence-corrected chi connectivity index (χ4v) is 3.52. The van der Waals surface area contributed by atoms with Crippen LogP contribution >= 0.6 is 0 Å². The molecule has 0 unspecified atom stereocenters. The summed E-state index contributed by atoms with van der Waals surface area (Å²) in [4.78, 5) is 41.8. The molecule has 4 rings (SSSR count). The Balaban J connectivity index is 1.48. The zero-order chi connectivity index (χ0) is 18.6. The molecule has 4 heterocycles. The van der Waals surface area contributed by atoms with Crippen molar-refractivity contribution in [3.05, 3.63) is 42.5 Å².